The van der Waals surface area contributed by atoms with E-state index in [-0.39, 0.29) is 24.0 Å². The van der Waals surface area contributed by atoms with Crippen molar-refractivity contribution in [3.63, 3.8) is 0 Å². The lowest BCUT2D eigenvalue weighted by Crippen LogP contribution is -2.45. The maximum absolute atomic E-state index is 4.28. The molecule has 128 valence electrons. The topological polar surface area (TPSA) is 39.7 Å². The number of aryl methyl sites for hydroxylation is 1. The smallest absolute Gasteiger partial charge is 0.191 e. The van der Waals surface area contributed by atoms with Crippen molar-refractivity contribution in [3.05, 3.63) is 21.9 Å². The van der Waals surface area contributed by atoms with E-state index in [2.05, 4.69) is 66.6 Å². The normalized spacial score (nSPS) is 12.0. The largest absolute Gasteiger partial charge is 0.355 e. The zero-order valence-electron chi connectivity index (χ0n) is 14.6. The highest BCUT2D eigenvalue weighted by Crippen LogP contribution is 2.14. The van der Waals surface area contributed by atoms with Crippen molar-refractivity contribution in [2.24, 2.45) is 4.99 Å². The molecule has 0 saturated carbocycles. The van der Waals surface area contributed by atoms with Gasteiger partial charge in [-0.2, -0.15) is 0 Å². The van der Waals surface area contributed by atoms with Gasteiger partial charge in [-0.1, -0.05) is 0 Å². The van der Waals surface area contributed by atoms with Crippen molar-refractivity contribution in [2.75, 3.05) is 20.1 Å². The molecule has 0 aliphatic rings. The lowest BCUT2D eigenvalue weighted by atomic mass is 10.2. The summed E-state index contributed by atoms with van der Waals surface area (Å²) in [4.78, 5) is 8.12. The second kappa shape index (κ2) is 11.2. The number of nitrogens with one attached hydrogen (secondary N) is 2. The first-order valence-corrected chi connectivity index (χ1v) is 8.56. The highest BCUT2D eigenvalue weighted by Gasteiger charge is 2.12. The molecule has 0 atom stereocenters. The number of guanidine groups is 1. The van der Waals surface area contributed by atoms with Crippen LogP contribution in [0, 0.1) is 6.92 Å². The number of hydrogen-bond acceptors (Lipinski definition) is 3. The molecule has 0 saturated heterocycles. The summed E-state index contributed by atoms with van der Waals surface area (Å²) in [5.74, 6) is 0.871. The number of nitrogens with zero attached hydrogens (tertiary/aromatic N) is 2. The minimum Gasteiger partial charge on any atom is -0.355 e. The molecule has 0 spiro atoms. The Morgan fingerprint density at radius 1 is 1.23 bits per heavy atom. The Morgan fingerprint density at radius 2 is 1.86 bits per heavy atom. The SMILES string of the molecule is CN=C(NCCN(C(C)C)C(C)C)NCc1sccc1C.I. The van der Waals surface area contributed by atoms with Crippen molar-refractivity contribution in [3.8, 4) is 0 Å². The molecule has 0 fully saturated rings. The van der Waals surface area contributed by atoms with Crippen molar-refractivity contribution in [2.45, 2.75) is 53.2 Å². The lowest BCUT2D eigenvalue weighted by Gasteiger charge is -2.30. The maximum atomic E-state index is 4.28. The molecule has 0 unspecified atom stereocenters. The van der Waals surface area contributed by atoms with E-state index in [9.17, 15) is 0 Å². The van der Waals surface area contributed by atoms with Crippen molar-refractivity contribution in [1.82, 2.24) is 15.5 Å². The molecule has 0 amide bonds. The van der Waals surface area contributed by atoms with Crippen LogP contribution in [0.5, 0.6) is 0 Å². The first-order chi connectivity index (χ1) is 9.95. The van der Waals surface area contributed by atoms with Gasteiger partial charge >= 0.3 is 0 Å². The second-order valence-corrected chi connectivity index (χ2v) is 6.81. The number of aliphatic imine (C=N–C) groups is 1. The molecule has 2 N–H and O–H groups in total. The van der Waals surface area contributed by atoms with E-state index in [0.29, 0.717) is 12.1 Å². The summed E-state index contributed by atoms with van der Waals surface area (Å²) in [6.07, 6.45) is 0. The van der Waals surface area contributed by atoms with Gasteiger partial charge in [-0.15, -0.1) is 35.3 Å². The molecule has 1 rings (SSSR count). The van der Waals surface area contributed by atoms with E-state index < -0.39 is 0 Å². The summed E-state index contributed by atoms with van der Waals surface area (Å²) in [6, 6.07) is 3.28. The summed E-state index contributed by atoms with van der Waals surface area (Å²) in [5.41, 5.74) is 1.34. The summed E-state index contributed by atoms with van der Waals surface area (Å²) in [6.45, 7) is 13.9. The highest BCUT2D eigenvalue weighted by atomic mass is 127. The fraction of sp³-hybridized carbons (Fsp3) is 0.688. The summed E-state index contributed by atoms with van der Waals surface area (Å²) >= 11 is 1.79. The third-order valence-electron chi connectivity index (χ3n) is 3.60. The van der Waals surface area contributed by atoms with Gasteiger partial charge in [0.25, 0.3) is 0 Å². The fourth-order valence-electron chi connectivity index (χ4n) is 2.39. The number of rotatable bonds is 7. The molecule has 0 bridgehead atoms. The molecule has 0 radical (unpaired) electrons. The number of hydrogen-bond donors (Lipinski definition) is 2. The van der Waals surface area contributed by atoms with Gasteiger partial charge in [-0.25, -0.2) is 0 Å². The Hall–Kier alpha value is -0.340. The molecule has 22 heavy (non-hydrogen) atoms. The Kier molecular flexibility index (Phi) is 11.1. The Labute approximate surface area is 156 Å². The summed E-state index contributed by atoms with van der Waals surface area (Å²) in [5, 5.41) is 8.90. The summed E-state index contributed by atoms with van der Waals surface area (Å²) < 4.78 is 0. The number of thiophene rings is 1. The zero-order valence-corrected chi connectivity index (χ0v) is 17.8. The van der Waals surface area contributed by atoms with Gasteiger partial charge in [0, 0.05) is 37.1 Å². The quantitative estimate of drug-likeness (QED) is 0.389. The first kappa shape index (κ1) is 21.7. The monoisotopic (exact) mass is 438 g/mol. The van der Waals surface area contributed by atoms with Gasteiger partial charge in [0.2, 0.25) is 0 Å². The highest BCUT2D eigenvalue weighted by molar-refractivity contribution is 14.0. The van der Waals surface area contributed by atoms with Crippen molar-refractivity contribution < 1.29 is 0 Å². The third-order valence-corrected chi connectivity index (χ3v) is 4.62. The number of halogens is 1. The van der Waals surface area contributed by atoms with Crippen LogP contribution >= 0.6 is 35.3 Å². The fourth-order valence-corrected chi connectivity index (χ4v) is 3.23. The van der Waals surface area contributed by atoms with Crippen molar-refractivity contribution >= 4 is 41.3 Å². The molecule has 4 nitrogen and oxygen atoms in total. The predicted molar refractivity (Wildman–Crippen MR) is 110 cm³/mol. The molecule has 0 aromatic carbocycles. The average Bonchev–Trinajstić information content (AvgIpc) is 2.82. The van der Waals surface area contributed by atoms with Gasteiger partial charge in [0.05, 0.1) is 6.54 Å². The maximum Gasteiger partial charge on any atom is 0.191 e. The van der Waals surface area contributed by atoms with Crippen LogP contribution < -0.4 is 10.6 Å². The van der Waals surface area contributed by atoms with E-state index in [1.165, 1.54) is 10.4 Å². The molecule has 1 heterocycles. The first-order valence-electron chi connectivity index (χ1n) is 7.69. The van der Waals surface area contributed by atoms with Crippen LogP contribution in [0.4, 0.5) is 0 Å². The van der Waals surface area contributed by atoms with Crippen LogP contribution in [0.3, 0.4) is 0 Å². The molecule has 1 aromatic heterocycles. The summed E-state index contributed by atoms with van der Waals surface area (Å²) in [7, 11) is 1.82. The molecule has 6 heteroatoms. The van der Waals surface area contributed by atoms with Gasteiger partial charge < -0.3 is 10.6 Å². The molecular formula is C16H31IN4S. The van der Waals surface area contributed by atoms with Crippen LogP contribution in [0.1, 0.15) is 38.1 Å². The molecule has 0 aliphatic carbocycles. The van der Waals surface area contributed by atoms with Gasteiger partial charge in [-0.05, 0) is 51.6 Å². The zero-order chi connectivity index (χ0) is 15.8. The second-order valence-electron chi connectivity index (χ2n) is 5.80. The third kappa shape index (κ3) is 7.28. The standard InChI is InChI=1S/C16H30N4S.HI/c1-12(2)20(13(3)4)9-8-18-16(17-6)19-11-15-14(5)7-10-21-15;/h7,10,12-13H,8-9,11H2,1-6H3,(H2,17,18,19);1H. The van der Waals surface area contributed by atoms with Crippen LogP contribution in [-0.4, -0.2) is 43.1 Å². The predicted octanol–water partition coefficient (Wildman–Crippen LogP) is 3.46. The molecular weight excluding hydrogens is 407 g/mol. The van der Waals surface area contributed by atoms with Crippen molar-refractivity contribution in [1.29, 1.82) is 0 Å². The van der Waals surface area contributed by atoms with E-state index in [4.69, 9.17) is 0 Å². The van der Waals surface area contributed by atoms with Crippen LogP contribution in [0.15, 0.2) is 16.4 Å². The lowest BCUT2D eigenvalue weighted by molar-refractivity contribution is 0.178. The Morgan fingerprint density at radius 3 is 2.32 bits per heavy atom. The van der Waals surface area contributed by atoms with E-state index in [1.807, 2.05) is 7.05 Å². The van der Waals surface area contributed by atoms with E-state index >= 15 is 0 Å². The average molecular weight is 438 g/mol. The minimum atomic E-state index is 0. The van der Waals surface area contributed by atoms with Crippen LogP contribution in [0.2, 0.25) is 0 Å². The Bertz CT molecular complexity index is 435. The molecule has 1 aromatic rings. The minimum absolute atomic E-state index is 0. The van der Waals surface area contributed by atoms with Crippen LogP contribution in [0.25, 0.3) is 0 Å². The Balaban J connectivity index is 0.00000441. The van der Waals surface area contributed by atoms with Gasteiger partial charge in [-0.3, -0.25) is 9.89 Å². The van der Waals surface area contributed by atoms with E-state index in [0.717, 1.165) is 25.6 Å². The molecule has 0 aliphatic heterocycles. The van der Waals surface area contributed by atoms with Crippen LogP contribution in [-0.2, 0) is 6.54 Å². The van der Waals surface area contributed by atoms with Gasteiger partial charge in [0.15, 0.2) is 5.96 Å². The van der Waals surface area contributed by atoms with Gasteiger partial charge in [0.1, 0.15) is 0 Å². The van der Waals surface area contributed by atoms with E-state index in [1.54, 1.807) is 11.3 Å².